The highest BCUT2D eigenvalue weighted by Crippen LogP contribution is 2.34. The van der Waals surface area contributed by atoms with E-state index < -0.39 is 0 Å². The van der Waals surface area contributed by atoms with E-state index in [-0.39, 0.29) is 11.2 Å². The highest BCUT2D eigenvalue weighted by molar-refractivity contribution is 6.09. The number of aryl methyl sites for hydroxylation is 1. The molecule has 0 unspecified atom stereocenters. The Labute approximate surface area is 109 Å². The topological polar surface area (TPSA) is 17.1 Å². The van der Waals surface area contributed by atoms with Gasteiger partial charge < -0.3 is 0 Å². The molecule has 1 aromatic carbocycles. The van der Waals surface area contributed by atoms with Crippen molar-refractivity contribution in [2.45, 2.75) is 34.1 Å². The second-order valence-corrected chi connectivity index (χ2v) is 5.92. The summed E-state index contributed by atoms with van der Waals surface area (Å²) in [7, 11) is 0. The van der Waals surface area contributed by atoms with Crippen molar-refractivity contribution in [3.63, 3.8) is 0 Å². The Balaban J connectivity index is 2.30. The van der Waals surface area contributed by atoms with E-state index >= 15 is 0 Å². The van der Waals surface area contributed by atoms with Crippen LogP contribution in [0.4, 0.5) is 0 Å². The van der Waals surface area contributed by atoms with Crippen LogP contribution in [0.3, 0.4) is 0 Å². The van der Waals surface area contributed by atoms with E-state index in [0.29, 0.717) is 0 Å². The predicted molar refractivity (Wildman–Crippen MR) is 75.7 cm³/mol. The number of rotatable bonds is 2. The van der Waals surface area contributed by atoms with Gasteiger partial charge in [-0.15, -0.1) is 0 Å². The monoisotopic (exact) mass is 240 g/mol. The molecule has 0 heterocycles. The summed E-state index contributed by atoms with van der Waals surface area (Å²) in [5.74, 6) is 0.163. The zero-order chi connectivity index (χ0) is 13.3. The summed E-state index contributed by atoms with van der Waals surface area (Å²) in [4.78, 5) is 12.4. The molecule has 0 atom stereocenters. The van der Waals surface area contributed by atoms with E-state index in [2.05, 4.69) is 26.8 Å². The lowest BCUT2D eigenvalue weighted by Gasteiger charge is -2.26. The Bertz CT molecular complexity index is 527. The van der Waals surface area contributed by atoms with Gasteiger partial charge in [0.05, 0.1) is 0 Å². The molecule has 1 heteroatoms. The van der Waals surface area contributed by atoms with Gasteiger partial charge in [-0.25, -0.2) is 0 Å². The normalized spacial score (nSPS) is 18.0. The Morgan fingerprint density at radius 2 is 1.72 bits per heavy atom. The van der Waals surface area contributed by atoms with Crippen LogP contribution in [0.1, 0.15) is 43.1 Å². The van der Waals surface area contributed by atoms with Crippen LogP contribution in [-0.2, 0) is 0 Å². The molecule has 1 nitrogen and oxygen atoms in total. The molecule has 0 bridgehead atoms. The maximum absolute atomic E-state index is 12.4. The quantitative estimate of drug-likeness (QED) is 0.696. The molecule has 94 valence electrons. The second-order valence-electron chi connectivity index (χ2n) is 5.92. The Morgan fingerprint density at radius 3 is 2.28 bits per heavy atom. The minimum Gasteiger partial charge on any atom is -0.289 e. The molecule has 18 heavy (non-hydrogen) atoms. The van der Waals surface area contributed by atoms with Crippen LogP contribution < -0.4 is 0 Å². The van der Waals surface area contributed by atoms with Crippen molar-refractivity contribution in [2.75, 3.05) is 0 Å². The molecule has 0 N–H and O–H groups in total. The van der Waals surface area contributed by atoms with Gasteiger partial charge >= 0.3 is 0 Å². The Kier molecular flexibility index (Phi) is 3.25. The minimum atomic E-state index is 0.0779. The molecule has 1 aliphatic carbocycles. The van der Waals surface area contributed by atoms with Crippen molar-refractivity contribution >= 4 is 5.78 Å². The van der Waals surface area contributed by atoms with Crippen molar-refractivity contribution in [3.05, 3.63) is 58.7 Å². The summed E-state index contributed by atoms with van der Waals surface area (Å²) in [5.41, 5.74) is 4.15. The number of benzene rings is 1. The first kappa shape index (κ1) is 12.8. The lowest BCUT2D eigenvalue weighted by atomic mass is 9.78. The van der Waals surface area contributed by atoms with Crippen LogP contribution in [0.5, 0.6) is 0 Å². The average Bonchev–Trinajstić information content (AvgIpc) is 2.26. The highest BCUT2D eigenvalue weighted by atomic mass is 16.1. The van der Waals surface area contributed by atoms with Crippen LogP contribution in [0.2, 0.25) is 0 Å². The van der Waals surface area contributed by atoms with E-state index in [4.69, 9.17) is 0 Å². The highest BCUT2D eigenvalue weighted by Gasteiger charge is 2.25. The number of ketones is 1. The standard InChI is InChI=1S/C17H20O/c1-12-5-7-14(8-6-12)16(18)15-9-13(2)10-17(3,4)11-15/h5-10H,11H2,1-4H3. The smallest absolute Gasteiger partial charge is 0.189 e. The molecule has 1 aromatic rings. The molecule has 0 aliphatic heterocycles. The van der Waals surface area contributed by atoms with Gasteiger partial charge in [0.15, 0.2) is 5.78 Å². The molecule has 1 aliphatic rings. The zero-order valence-electron chi connectivity index (χ0n) is 11.6. The Morgan fingerprint density at radius 1 is 1.11 bits per heavy atom. The third kappa shape index (κ3) is 2.79. The summed E-state index contributed by atoms with van der Waals surface area (Å²) >= 11 is 0. The van der Waals surface area contributed by atoms with Crippen LogP contribution in [0.15, 0.2) is 47.6 Å². The molecule has 0 saturated heterocycles. The molecular formula is C17H20O. The molecule has 0 amide bonds. The minimum absolute atomic E-state index is 0.0779. The Hall–Kier alpha value is -1.63. The van der Waals surface area contributed by atoms with E-state index in [0.717, 1.165) is 17.6 Å². The summed E-state index contributed by atoms with van der Waals surface area (Å²) in [6.07, 6.45) is 5.07. The number of carbonyl (C=O) groups is 1. The lowest BCUT2D eigenvalue weighted by Crippen LogP contribution is -2.17. The van der Waals surface area contributed by atoms with Gasteiger partial charge in [-0.2, -0.15) is 0 Å². The van der Waals surface area contributed by atoms with Crippen LogP contribution in [0.25, 0.3) is 0 Å². The fourth-order valence-electron chi connectivity index (χ4n) is 2.56. The first-order valence-electron chi connectivity index (χ1n) is 6.39. The maximum Gasteiger partial charge on any atom is 0.189 e. The maximum atomic E-state index is 12.4. The van der Waals surface area contributed by atoms with Crippen molar-refractivity contribution < 1.29 is 4.79 Å². The van der Waals surface area contributed by atoms with Gasteiger partial charge in [0.25, 0.3) is 0 Å². The van der Waals surface area contributed by atoms with Crippen molar-refractivity contribution in [1.82, 2.24) is 0 Å². The fourth-order valence-corrected chi connectivity index (χ4v) is 2.56. The predicted octanol–water partition coefficient (Wildman–Crippen LogP) is 4.48. The first-order chi connectivity index (χ1) is 8.37. The van der Waals surface area contributed by atoms with E-state index in [1.54, 1.807) is 0 Å². The molecule has 2 rings (SSSR count). The van der Waals surface area contributed by atoms with Gasteiger partial charge in [-0.05, 0) is 25.7 Å². The number of allylic oxidation sites excluding steroid dienone is 4. The van der Waals surface area contributed by atoms with E-state index in [1.165, 1.54) is 11.1 Å². The van der Waals surface area contributed by atoms with Gasteiger partial charge in [0.1, 0.15) is 0 Å². The first-order valence-corrected chi connectivity index (χ1v) is 6.39. The molecule has 0 spiro atoms. The summed E-state index contributed by atoms with van der Waals surface area (Å²) in [6.45, 7) is 8.44. The number of hydrogen-bond donors (Lipinski definition) is 0. The lowest BCUT2D eigenvalue weighted by molar-refractivity contribution is 0.102. The van der Waals surface area contributed by atoms with Gasteiger partial charge in [0.2, 0.25) is 0 Å². The molecule has 0 aromatic heterocycles. The summed E-state index contributed by atoms with van der Waals surface area (Å²) in [5, 5.41) is 0. The number of hydrogen-bond acceptors (Lipinski definition) is 1. The van der Waals surface area contributed by atoms with Gasteiger partial charge in [-0.3, -0.25) is 4.79 Å². The summed E-state index contributed by atoms with van der Waals surface area (Å²) in [6, 6.07) is 7.81. The fraction of sp³-hybridized carbons (Fsp3) is 0.353. The average molecular weight is 240 g/mol. The van der Waals surface area contributed by atoms with Crippen molar-refractivity contribution in [3.8, 4) is 0 Å². The van der Waals surface area contributed by atoms with Gasteiger partial charge in [-0.1, -0.05) is 61.4 Å². The van der Waals surface area contributed by atoms with Crippen LogP contribution in [-0.4, -0.2) is 5.78 Å². The number of Topliss-reactive ketones (excluding diaryl/α,β-unsaturated/α-hetero) is 1. The van der Waals surface area contributed by atoms with Crippen LogP contribution >= 0.6 is 0 Å². The summed E-state index contributed by atoms with van der Waals surface area (Å²) < 4.78 is 0. The van der Waals surface area contributed by atoms with E-state index in [1.807, 2.05) is 37.3 Å². The number of carbonyl (C=O) groups excluding carboxylic acids is 1. The molecule has 0 radical (unpaired) electrons. The molecular weight excluding hydrogens is 220 g/mol. The van der Waals surface area contributed by atoms with Crippen molar-refractivity contribution in [1.29, 1.82) is 0 Å². The third-order valence-corrected chi connectivity index (χ3v) is 3.27. The van der Waals surface area contributed by atoms with Gasteiger partial charge in [0, 0.05) is 11.1 Å². The third-order valence-electron chi connectivity index (χ3n) is 3.27. The largest absolute Gasteiger partial charge is 0.289 e. The SMILES string of the molecule is CC1=CC(C)(C)CC(C(=O)c2ccc(C)cc2)=C1. The zero-order valence-corrected chi connectivity index (χ0v) is 11.6. The molecule has 0 saturated carbocycles. The second kappa shape index (κ2) is 4.56. The van der Waals surface area contributed by atoms with E-state index in [9.17, 15) is 4.79 Å². The molecule has 0 fully saturated rings. The van der Waals surface area contributed by atoms with Crippen molar-refractivity contribution in [2.24, 2.45) is 5.41 Å². The van der Waals surface area contributed by atoms with Crippen LogP contribution in [0, 0.1) is 12.3 Å².